The van der Waals surface area contributed by atoms with E-state index >= 15 is 0 Å². The first kappa shape index (κ1) is 17.1. The number of carbonyl (C=O) groups is 2. The van der Waals surface area contributed by atoms with Crippen LogP contribution in [-0.4, -0.2) is 36.3 Å². The van der Waals surface area contributed by atoms with Crippen LogP contribution in [0.25, 0.3) is 11.1 Å². The lowest BCUT2D eigenvalue weighted by Gasteiger charge is -2.15. The summed E-state index contributed by atoms with van der Waals surface area (Å²) in [6.45, 7) is 1.27. The molecule has 130 valence electrons. The van der Waals surface area contributed by atoms with Gasteiger partial charge in [0, 0.05) is 13.1 Å². The number of hydrogen-bond acceptors (Lipinski definition) is 2. The summed E-state index contributed by atoms with van der Waals surface area (Å²) in [5.74, 6) is -1.85. The van der Waals surface area contributed by atoms with E-state index in [1.165, 1.54) is 24.3 Å². The summed E-state index contributed by atoms with van der Waals surface area (Å²) < 4.78 is 27.2. The van der Waals surface area contributed by atoms with Gasteiger partial charge in [-0.15, -0.1) is 0 Å². The molecule has 4 nitrogen and oxygen atoms in total. The van der Waals surface area contributed by atoms with E-state index in [1.807, 2.05) is 0 Å². The van der Waals surface area contributed by atoms with Gasteiger partial charge in [-0.25, -0.2) is 8.78 Å². The monoisotopic (exact) mass is 344 g/mol. The maximum Gasteiger partial charge on any atom is 0.254 e. The first-order chi connectivity index (χ1) is 12.0. The zero-order chi connectivity index (χ0) is 17.8. The molecule has 1 aliphatic heterocycles. The number of rotatable bonds is 4. The summed E-state index contributed by atoms with van der Waals surface area (Å²) >= 11 is 0. The van der Waals surface area contributed by atoms with Crippen LogP contribution in [0.3, 0.4) is 0 Å². The Hall–Kier alpha value is -2.76. The molecule has 1 saturated heterocycles. The van der Waals surface area contributed by atoms with Crippen LogP contribution >= 0.6 is 0 Å². The second-order valence-corrected chi connectivity index (χ2v) is 5.97. The van der Waals surface area contributed by atoms with Gasteiger partial charge >= 0.3 is 0 Å². The van der Waals surface area contributed by atoms with Crippen molar-refractivity contribution in [2.75, 3.05) is 19.6 Å². The van der Waals surface area contributed by atoms with E-state index in [0.717, 1.165) is 12.8 Å². The molecule has 2 amide bonds. The molecule has 2 aromatic carbocycles. The van der Waals surface area contributed by atoms with E-state index < -0.39 is 11.7 Å². The Labute approximate surface area is 144 Å². The smallest absolute Gasteiger partial charge is 0.254 e. The Balaban J connectivity index is 1.66. The van der Waals surface area contributed by atoms with Crippen LogP contribution in [0.5, 0.6) is 0 Å². The highest BCUT2D eigenvalue weighted by Gasteiger charge is 2.19. The highest BCUT2D eigenvalue weighted by molar-refractivity contribution is 5.97. The number of hydrogen-bond donors (Lipinski definition) is 1. The highest BCUT2D eigenvalue weighted by atomic mass is 19.1. The number of nitrogens with one attached hydrogen (secondary N) is 1. The van der Waals surface area contributed by atoms with Crippen LogP contribution in [0.1, 0.15) is 23.2 Å². The largest absolute Gasteiger partial charge is 0.343 e. The molecule has 0 aromatic heterocycles. The molecule has 0 atom stereocenters. The van der Waals surface area contributed by atoms with Gasteiger partial charge in [-0.2, -0.15) is 0 Å². The summed E-state index contributed by atoms with van der Waals surface area (Å²) in [7, 11) is 0. The fraction of sp³-hybridized carbons (Fsp3) is 0.263. The summed E-state index contributed by atoms with van der Waals surface area (Å²) in [6.07, 6.45) is 1.94. The van der Waals surface area contributed by atoms with Gasteiger partial charge in [0.25, 0.3) is 5.91 Å². The van der Waals surface area contributed by atoms with Crippen LogP contribution < -0.4 is 5.32 Å². The number of likely N-dealkylation sites (tertiary alicyclic amines) is 1. The molecule has 3 rings (SSSR count). The van der Waals surface area contributed by atoms with Gasteiger partial charge in [0.05, 0.1) is 12.1 Å². The SMILES string of the molecule is O=C(NCC(=O)N1CCCC1)c1ccc(-c2ccc(F)cc2)cc1F. The van der Waals surface area contributed by atoms with Crippen molar-refractivity contribution in [3.8, 4) is 11.1 Å². The Morgan fingerprint density at radius 2 is 1.60 bits per heavy atom. The summed E-state index contributed by atoms with van der Waals surface area (Å²) in [4.78, 5) is 25.7. The zero-order valence-electron chi connectivity index (χ0n) is 13.6. The van der Waals surface area contributed by atoms with E-state index in [9.17, 15) is 18.4 Å². The second-order valence-electron chi connectivity index (χ2n) is 5.97. The number of nitrogens with zero attached hydrogens (tertiary/aromatic N) is 1. The molecule has 6 heteroatoms. The van der Waals surface area contributed by atoms with Crippen LogP contribution in [0.2, 0.25) is 0 Å². The van der Waals surface area contributed by atoms with Crippen LogP contribution in [0.15, 0.2) is 42.5 Å². The van der Waals surface area contributed by atoms with E-state index in [0.29, 0.717) is 24.2 Å². The summed E-state index contributed by atoms with van der Waals surface area (Å²) in [5.41, 5.74) is 1.07. The fourth-order valence-electron chi connectivity index (χ4n) is 2.85. The van der Waals surface area contributed by atoms with E-state index in [4.69, 9.17) is 0 Å². The molecule has 0 spiro atoms. The molecule has 1 aliphatic rings. The van der Waals surface area contributed by atoms with Gasteiger partial charge in [0.2, 0.25) is 5.91 Å². The van der Waals surface area contributed by atoms with Crippen molar-refractivity contribution < 1.29 is 18.4 Å². The molecule has 1 N–H and O–H groups in total. The minimum atomic E-state index is -0.687. The van der Waals surface area contributed by atoms with Gasteiger partial charge in [0.15, 0.2) is 0 Å². The molecule has 0 radical (unpaired) electrons. The third-order valence-electron chi connectivity index (χ3n) is 4.25. The third kappa shape index (κ3) is 4.02. The quantitative estimate of drug-likeness (QED) is 0.927. The first-order valence-corrected chi connectivity index (χ1v) is 8.16. The Bertz CT molecular complexity index is 785. The predicted octanol–water partition coefficient (Wildman–Crippen LogP) is 2.98. The van der Waals surface area contributed by atoms with E-state index in [1.54, 1.807) is 23.1 Å². The van der Waals surface area contributed by atoms with Crippen molar-refractivity contribution in [2.24, 2.45) is 0 Å². The summed E-state index contributed by atoms with van der Waals surface area (Å²) in [5, 5.41) is 2.46. The van der Waals surface area contributed by atoms with E-state index in [2.05, 4.69) is 5.32 Å². The number of benzene rings is 2. The maximum atomic E-state index is 14.3. The molecule has 1 heterocycles. The maximum absolute atomic E-state index is 14.3. The van der Waals surface area contributed by atoms with Crippen molar-refractivity contribution >= 4 is 11.8 Å². The standard InChI is InChI=1S/C19H18F2N2O2/c20-15-6-3-13(4-7-15)14-5-8-16(17(21)11-14)19(25)22-12-18(24)23-9-1-2-10-23/h3-8,11H,1-2,9-10,12H2,(H,22,25). The molecular formula is C19H18F2N2O2. The van der Waals surface area contributed by atoms with Crippen LogP contribution in [0.4, 0.5) is 8.78 Å². The highest BCUT2D eigenvalue weighted by Crippen LogP contribution is 2.22. The van der Waals surface area contributed by atoms with Crippen molar-refractivity contribution in [3.05, 3.63) is 59.7 Å². The van der Waals surface area contributed by atoms with Crippen molar-refractivity contribution in [1.82, 2.24) is 10.2 Å². The Morgan fingerprint density at radius 3 is 2.24 bits per heavy atom. The van der Waals surface area contributed by atoms with Crippen molar-refractivity contribution in [1.29, 1.82) is 0 Å². The molecule has 0 saturated carbocycles. The lowest BCUT2D eigenvalue weighted by atomic mass is 10.0. The van der Waals surface area contributed by atoms with Gasteiger partial charge < -0.3 is 10.2 Å². The molecule has 0 aliphatic carbocycles. The first-order valence-electron chi connectivity index (χ1n) is 8.16. The van der Waals surface area contributed by atoms with E-state index in [-0.39, 0.29) is 23.8 Å². The molecular weight excluding hydrogens is 326 g/mol. The number of halogens is 2. The second kappa shape index (κ2) is 7.42. The average Bonchev–Trinajstić information content (AvgIpc) is 3.14. The molecule has 0 unspecified atom stereocenters. The number of carbonyl (C=O) groups excluding carboxylic acids is 2. The Morgan fingerprint density at radius 1 is 0.960 bits per heavy atom. The van der Waals surface area contributed by atoms with Crippen molar-refractivity contribution in [2.45, 2.75) is 12.8 Å². The van der Waals surface area contributed by atoms with Gasteiger partial charge in [-0.3, -0.25) is 9.59 Å². The lowest BCUT2D eigenvalue weighted by molar-refractivity contribution is -0.129. The lowest BCUT2D eigenvalue weighted by Crippen LogP contribution is -2.38. The normalized spacial score (nSPS) is 13.8. The van der Waals surface area contributed by atoms with Gasteiger partial charge in [-0.05, 0) is 48.2 Å². The van der Waals surface area contributed by atoms with Crippen molar-refractivity contribution in [3.63, 3.8) is 0 Å². The predicted molar refractivity (Wildman–Crippen MR) is 89.9 cm³/mol. The Kier molecular flexibility index (Phi) is 5.07. The minimum Gasteiger partial charge on any atom is -0.343 e. The third-order valence-corrected chi connectivity index (χ3v) is 4.25. The average molecular weight is 344 g/mol. The topological polar surface area (TPSA) is 49.4 Å². The molecule has 0 bridgehead atoms. The minimum absolute atomic E-state index is 0.125. The molecule has 1 fully saturated rings. The van der Waals surface area contributed by atoms with Crippen LogP contribution in [-0.2, 0) is 4.79 Å². The number of amides is 2. The van der Waals surface area contributed by atoms with Gasteiger partial charge in [-0.1, -0.05) is 18.2 Å². The van der Waals surface area contributed by atoms with Gasteiger partial charge in [0.1, 0.15) is 11.6 Å². The van der Waals surface area contributed by atoms with Crippen LogP contribution in [0, 0.1) is 11.6 Å². The summed E-state index contributed by atoms with van der Waals surface area (Å²) in [6, 6.07) is 9.84. The zero-order valence-corrected chi connectivity index (χ0v) is 13.6. The molecule has 25 heavy (non-hydrogen) atoms. The fourth-order valence-corrected chi connectivity index (χ4v) is 2.85. The molecule has 2 aromatic rings.